The zero-order valence-electron chi connectivity index (χ0n) is 12.4. The SMILES string of the molecule is C[C@H]([C@@H](C)NCCOc1ccccc1C#N)n1cccn1. The van der Waals surface area contributed by atoms with E-state index in [1.54, 1.807) is 12.3 Å². The largest absolute Gasteiger partial charge is 0.491 e. The molecule has 1 N–H and O–H groups in total. The monoisotopic (exact) mass is 284 g/mol. The maximum Gasteiger partial charge on any atom is 0.137 e. The quantitative estimate of drug-likeness (QED) is 0.793. The van der Waals surface area contributed by atoms with Gasteiger partial charge < -0.3 is 10.1 Å². The number of nitrogens with one attached hydrogen (secondary N) is 1. The first-order valence-corrected chi connectivity index (χ1v) is 7.07. The second kappa shape index (κ2) is 7.46. The molecule has 1 heterocycles. The Morgan fingerprint density at radius 2 is 2.14 bits per heavy atom. The molecule has 2 aromatic rings. The summed E-state index contributed by atoms with van der Waals surface area (Å²) in [4.78, 5) is 0. The van der Waals surface area contributed by atoms with Crippen LogP contribution in [0.1, 0.15) is 25.5 Å². The standard InChI is InChI=1S/C16H20N4O/c1-13(14(2)20-10-5-8-19-20)18-9-11-21-16-7-4-3-6-15(16)12-17/h3-8,10,13-14,18H,9,11H2,1-2H3/t13-,14-/m1/s1. The second-order valence-corrected chi connectivity index (χ2v) is 4.93. The third-order valence-corrected chi connectivity index (χ3v) is 3.50. The number of rotatable bonds is 7. The minimum Gasteiger partial charge on any atom is -0.491 e. The molecule has 0 aliphatic heterocycles. The Bertz CT molecular complexity index is 589. The van der Waals surface area contributed by atoms with E-state index in [1.165, 1.54) is 0 Å². The molecule has 0 radical (unpaired) electrons. The fourth-order valence-electron chi connectivity index (χ4n) is 2.05. The molecule has 0 saturated carbocycles. The van der Waals surface area contributed by atoms with Gasteiger partial charge in [-0.1, -0.05) is 12.1 Å². The summed E-state index contributed by atoms with van der Waals surface area (Å²) in [5.41, 5.74) is 0.565. The number of hydrogen-bond donors (Lipinski definition) is 1. The van der Waals surface area contributed by atoms with Crippen molar-refractivity contribution in [2.75, 3.05) is 13.2 Å². The third kappa shape index (κ3) is 4.07. The Labute approximate surface area is 125 Å². The minimum atomic E-state index is 0.270. The summed E-state index contributed by atoms with van der Waals surface area (Å²) in [6.45, 7) is 5.48. The summed E-state index contributed by atoms with van der Waals surface area (Å²) in [5, 5.41) is 16.6. The molecule has 1 aromatic heterocycles. The van der Waals surface area contributed by atoms with Gasteiger partial charge in [0.2, 0.25) is 0 Å². The Morgan fingerprint density at radius 1 is 1.33 bits per heavy atom. The molecule has 0 fully saturated rings. The predicted octanol–water partition coefficient (Wildman–Crippen LogP) is 2.37. The number of benzene rings is 1. The number of nitriles is 1. The van der Waals surface area contributed by atoms with E-state index in [4.69, 9.17) is 10.00 Å². The lowest BCUT2D eigenvalue weighted by atomic mass is 10.2. The van der Waals surface area contributed by atoms with Crippen molar-refractivity contribution >= 4 is 0 Å². The van der Waals surface area contributed by atoms with Crippen LogP contribution in [0, 0.1) is 11.3 Å². The molecule has 0 unspecified atom stereocenters. The maximum atomic E-state index is 8.99. The minimum absolute atomic E-state index is 0.270. The van der Waals surface area contributed by atoms with E-state index in [1.807, 2.05) is 35.1 Å². The first kappa shape index (κ1) is 15.1. The van der Waals surface area contributed by atoms with Crippen LogP contribution in [0.15, 0.2) is 42.7 Å². The van der Waals surface area contributed by atoms with Gasteiger partial charge in [-0.2, -0.15) is 10.4 Å². The van der Waals surface area contributed by atoms with Gasteiger partial charge in [-0.15, -0.1) is 0 Å². The summed E-state index contributed by atoms with van der Waals surface area (Å²) in [6, 6.07) is 11.9. The van der Waals surface area contributed by atoms with Crippen LogP contribution in [-0.2, 0) is 0 Å². The molecule has 0 amide bonds. The lowest BCUT2D eigenvalue weighted by Crippen LogP contribution is -2.36. The van der Waals surface area contributed by atoms with Crippen LogP contribution in [0.4, 0.5) is 0 Å². The summed E-state index contributed by atoms with van der Waals surface area (Å²) < 4.78 is 7.58. The highest BCUT2D eigenvalue weighted by Gasteiger charge is 2.13. The van der Waals surface area contributed by atoms with E-state index in [-0.39, 0.29) is 12.1 Å². The fraction of sp³-hybridized carbons (Fsp3) is 0.375. The molecular weight excluding hydrogens is 264 g/mol. The molecule has 110 valence electrons. The summed E-state index contributed by atoms with van der Waals surface area (Å²) in [7, 11) is 0. The van der Waals surface area contributed by atoms with Gasteiger partial charge in [0.15, 0.2) is 0 Å². The lowest BCUT2D eigenvalue weighted by molar-refractivity contribution is 0.288. The highest BCUT2D eigenvalue weighted by atomic mass is 16.5. The van der Waals surface area contributed by atoms with E-state index in [2.05, 4.69) is 30.3 Å². The molecule has 0 spiro atoms. The summed E-state index contributed by atoms with van der Waals surface area (Å²) in [6.07, 6.45) is 3.74. The number of para-hydroxylation sites is 1. The van der Waals surface area contributed by atoms with Crippen molar-refractivity contribution in [3.05, 3.63) is 48.3 Å². The van der Waals surface area contributed by atoms with Gasteiger partial charge in [0.1, 0.15) is 18.4 Å². The number of hydrogen-bond acceptors (Lipinski definition) is 4. The smallest absolute Gasteiger partial charge is 0.137 e. The Hall–Kier alpha value is -2.32. The van der Waals surface area contributed by atoms with Crippen LogP contribution in [0.2, 0.25) is 0 Å². The molecule has 0 aliphatic rings. The zero-order valence-corrected chi connectivity index (χ0v) is 12.4. The molecule has 2 atom stereocenters. The van der Waals surface area contributed by atoms with E-state index < -0.39 is 0 Å². The number of aromatic nitrogens is 2. The van der Waals surface area contributed by atoms with Gasteiger partial charge in [0, 0.05) is 25.0 Å². The van der Waals surface area contributed by atoms with Gasteiger partial charge in [0.05, 0.1) is 11.6 Å². The molecular formula is C16H20N4O. The maximum absolute atomic E-state index is 8.99. The zero-order chi connectivity index (χ0) is 15.1. The Balaban J connectivity index is 1.76. The van der Waals surface area contributed by atoms with Crippen molar-refractivity contribution in [2.45, 2.75) is 25.9 Å². The van der Waals surface area contributed by atoms with Gasteiger partial charge in [-0.05, 0) is 32.0 Å². The molecule has 1 aromatic carbocycles. The first-order chi connectivity index (χ1) is 10.2. The van der Waals surface area contributed by atoms with Crippen LogP contribution >= 0.6 is 0 Å². The van der Waals surface area contributed by atoms with E-state index in [9.17, 15) is 0 Å². The second-order valence-electron chi connectivity index (χ2n) is 4.93. The highest BCUT2D eigenvalue weighted by Crippen LogP contribution is 2.16. The molecule has 21 heavy (non-hydrogen) atoms. The van der Waals surface area contributed by atoms with Gasteiger partial charge >= 0.3 is 0 Å². The van der Waals surface area contributed by atoms with Gasteiger partial charge in [-0.3, -0.25) is 4.68 Å². The van der Waals surface area contributed by atoms with E-state index >= 15 is 0 Å². The molecule has 0 saturated heterocycles. The van der Waals surface area contributed by atoms with Crippen LogP contribution < -0.4 is 10.1 Å². The van der Waals surface area contributed by atoms with Gasteiger partial charge in [0.25, 0.3) is 0 Å². The number of nitrogens with zero attached hydrogens (tertiary/aromatic N) is 3. The molecule has 2 rings (SSSR count). The van der Waals surface area contributed by atoms with Crippen molar-refractivity contribution in [1.29, 1.82) is 5.26 Å². The van der Waals surface area contributed by atoms with Crippen molar-refractivity contribution < 1.29 is 4.74 Å². The van der Waals surface area contributed by atoms with Crippen molar-refractivity contribution in [3.8, 4) is 11.8 Å². The van der Waals surface area contributed by atoms with Crippen molar-refractivity contribution in [2.24, 2.45) is 0 Å². The molecule has 0 bridgehead atoms. The Morgan fingerprint density at radius 3 is 2.86 bits per heavy atom. The molecule has 5 nitrogen and oxygen atoms in total. The molecule has 5 heteroatoms. The van der Waals surface area contributed by atoms with Crippen molar-refractivity contribution in [3.63, 3.8) is 0 Å². The number of ether oxygens (including phenoxy) is 1. The summed E-state index contributed by atoms with van der Waals surface area (Å²) >= 11 is 0. The van der Waals surface area contributed by atoms with Crippen LogP contribution in [0.5, 0.6) is 5.75 Å². The average Bonchev–Trinajstić information content (AvgIpc) is 3.05. The normalized spacial score (nSPS) is 13.4. The average molecular weight is 284 g/mol. The predicted molar refractivity (Wildman–Crippen MR) is 81.1 cm³/mol. The Kier molecular flexibility index (Phi) is 5.35. The van der Waals surface area contributed by atoms with Crippen LogP contribution in [-0.4, -0.2) is 29.0 Å². The van der Waals surface area contributed by atoms with E-state index in [0.717, 1.165) is 0 Å². The third-order valence-electron chi connectivity index (χ3n) is 3.50. The highest BCUT2D eigenvalue weighted by molar-refractivity contribution is 5.42. The van der Waals surface area contributed by atoms with Crippen LogP contribution in [0.25, 0.3) is 0 Å². The fourth-order valence-corrected chi connectivity index (χ4v) is 2.05. The molecule has 0 aliphatic carbocycles. The first-order valence-electron chi connectivity index (χ1n) is 7.07. The van der Waals surface area contributed by atoms with Crippen molar-refractivity contribution in [1.82, 2.24) is 15.1 Å². The van der Waals surface area contributed by atoms with Crippen LogP contribution in [0.3, 0.4) is 0 Å². The van der Waals surface area contributed by atoms with Gasteiger partial charge in [-0.25, -0.2) is 0 Å². The van der Waals surface area contributed by atoms with E-state index in [0.29, 0.717) is 24.5 Å². The lowest BCUT2D eigenvalue weighted by Gasteiger charge is -2.21. The topological polar surface area (TPSA) is 62.9 Å². The summed E-state index contributed by atoms with van der Waals surface area (Å²) in [5.74, 6) is 0.634.